The van der Waals surface area contributed by atoms with Crippen LogP contribution in [-0.2, 0) is 4.79 Å². The summed E-state index contributed by atoms with van der Waals surface area (Å²) in [6.07, 6.45) is 2.03. The molecule has 3 N–H and O–H groups in total. The zero-order chi connectivity index (χ0) is 10.7. The van der Waals surface area contributed by atoms with Crippen molar-refractivity contribution in [3.8, 4) is 0 Å². The van der Waals surface area contributed by atoms with Gasteiger partial charge in [-0.15, -0.1) is 0 Å². The number of amides is 1. The van der Waals surface area contributed by atoms with Crippen molar-refractivity contribution in [2.75, 3.05) is 12.8 Å². The van der Waals surface area contributed by atoms with E-state index in [1.165, 1.54) is 0 Å². The van der Waals surface area contributed by atoms with E-state index < -0.39 is 5.54 Å². The Labute approximate surface area is 84.8 Å². The van der Waals surface area contributed by atoms with Gasteiger partial charge in [-0.2, -0.15) is 11.8 Å². The van der Waals surface area contributed by atoms with E-state index in [2.05, 4.69) is 19.2 Å². The van der Waals surface area contributed by atoms with Crippen LogP contribution < -0.4 is 11.1 Å². The number of rotatable bonds is 4. The Morgan fingerprint density at radius 2 is 1.85 bits per heavy atom. The van der Waals surface area contributed by atoms with E-state index in [1.54, 1.807) is 25.6 Å². The minimum atomic E-state index is -0.783. The number of hydrogen-bond donors (Lipinski definition) is 2. The van der Waals surface area contributed by atoms with Gasteiger partial charge in [0.25, 0.3) is 0 Å². The molecular weight excluding hydrogens is 184 g/mol. The molecule has 0 spiro atoms. The smallest absolute Gasteiger partial charge is 0.239 e. The predicted molar refractivity (Wildman–Crippen MR) is 58.9 cm³/mol. The van der Waals surface area contributed by atoms with Crippen molar-refractivity contribution < 1.29 is 4.79 Å². The van der Waals surface area contributed by atoms with Gasteiger partial charge in [0, 0.05) is 11.3 Å². The molecule has 3 nitrogen and oxygen atoms in total. The summed E-state index contributed by atoms with van der Waals surface area (Å²) in [5.74, 6) is -0.102. The van der Waals surface area contributed by atoms with Crippen molar-refractivity contribution in [3.63, 3.8) is 0 Å². The Balaban J connectivity index is 3.98. The average Bonchev–Trinajstić information content (AvgIpc) is 1.98. The fourth-order valence-electron chi connectivity index (χ4n) is 0.593. The lowest BCUT2D eigenvalue weighted by molar-refractivity contribution is -0.125. The standard InChI is InChI=1S/C9H20N2OS/c1-8(2,13-5)6-11-7(12)9(3,4)10/h6,10H2,1-5H3,(H,11,12). The Hall–Kier alpha value is -0.220. The number of nitrogens with one attached hydrogen (secondary N) is 1. The molecule has 0 aliphatic rings. The van der Waals surface area contributed by atoms with Crippen molar-refractivity contribution in [2.45, 2.75) is 38.0 Å². The predicted octanol–water partition coefficient (Wildman–Crippen LogP) is 0.981. The highest BCUT2D eigenvalue weighted by atomic mass is 32.2. The van der Waals surface area contributed by atoms with Gasteiger partial charge in [0.2, 0.25) is 5.91 Å². The van der Waals surface area contributed by atoms with Crippen LogP contribution in [0.4, 0.5) is 0 Å². The molecule has 0 fully saturated rings. The molecule has 0 radical (unpaired) electrons. The minimum Gasteiger partial charge on any atom is -0.353 e. The van der Waals surface area contributed by atoms with Crippen LogP contribution in [0.1, 0.15) is 27.7 Å². The lowest BCUT2D eigenvalue weighted by atomic mass is 10.1. The first-order chi connectivity index (χ1) is 5.69. The first kappa shape index (κ1) is 12.8. The van der Waals surface area contributed by atoms with Crippen molar-refractivity contribution >= 4 is 17.7 Å². The Morgan fingerprint density at radius 1 is 1.38 bits per heavy atom. The van der Waals surface area contributed by atoms with Crippen LogP contribution >= 0.6 is 11.8 Å². The van der Waals surface area contributed by atoms with Crippen LogP contribution in [0.15, 0.2) is 0 Å². The van der Waals surface area contributed by atoms with Gasteiger partial charge in [-0.05, 0) is 34.0 Å². The highest BCUT2D eigenvalue weighted by molar-refractivity contribution is 7.99. The number of thioether (sulfide) groups is 1. The van der Waals surface area contributed by atoms with Crippen LogP contribution in [0.25, 0.3) is 0 Å². The summed E-state index contributed by atoms with van der Waals surface area (Å²) in [6, 6.07) is 0. The van der Waals surface area contributed by atoms with Gasteiger partial charge in [-0.3, -0.25) is 4.79 Å². The summed E-state index contributed by atoms with van der Waals surface area (Å²) in [5, 5.41) is 2.83. The molecule has 0 saturated heterocycles. The molecule has 1 amide bonds. The summed E-state index contributed by atoms with van der Waals surface area (Å²) in [7, 11) is 0. The quantitative estimate of drug-likeness (QED) is 0.718. The van der Waals surface area contributed by atoms with E-state index in [9.17, 15) is 4.79 Å². The first-order valence-electron chi connectivity index (χ1n) is 4.31. The van der Waals surface area contributed by atoms with E-state index in [1.807, 2.05) is 6.26 Å². The van der Waals surface area contributed by atoms with Crippen molar-refractivity contribution in [1.82, 2.24) is 5.32 Å². The first-order valence-corrected chi connectivity index (χ1v) is 5.54. The highest BCUT2D eigenvalue weighted by Crippen LogP contribution is 2.19. The van der Waals surface area contributed by atoms with Gasteiger partial charge >= 0.3 is 0 Å². The zero-order valence-corrected chi connectivity index (χ0v) is 9.92. The van der Waals surface area contributed by atoms with Crippen LogP contribution in [-0.4, -0.2) is 29.0 Å². The number of hydrogen-bond acceptors (Lipinski definition) is 3. The lowest BCUT2D eigenvalue weighted by Gasteiger charge is -2.25. The molecule has 0 aromatic rings. The number of nitrogens with two attached hydrogens (primary N) is 1. The second-order valence-electron chi connectivity index (χ2n) is 4.37. The molecule has 13 heavy (non-hydrogen) atoms. The molecule has 0 rings (SSSR count). The lowest BCUT2D eigenvalue weighted by Crippen LogP contribution is -2.51. The normalized spacial score (nSPS) is 12.8. The monoisotopic (exact) mass is 204 g/mol. The molecule has 0 unspecified atom stereocenters. The molecule has 0 heterocycles. The largest absolute Gasteiger partial charge is 0.353 e. The minimum absolute atomic E-state index is 0.0703. The van der Waals surface area contributed by atoms with Crippen molar-refractivity contribution in [2.24, 2.45) is 5.73 Å². The maximum Gasteiger partial charge on any atom is 0.239 e. The van der Waals surface area contributed by atoms with Gasteiger partial charge in [-0.25, -0.2) is 0 Å². The van der Waals surface area contributed by atoms with Crippen LogP contribution in [0.5, 0.6) is 0 Å². The Kier molecular flexibility index (Phi) is 4.26. The molecule has 0 aliphatic carbocycles. The zero-order valence-electron chi connectivity index (χ0n) is 9.10. The number of carbonyl (C=O) groups is 1. The summed E-state index contributed by atoms with van der Waals surface area (Å²) in [6.45, 7) is 8.22. The van der Waals surface area contributed by atoms with Gasteiger partial charge in [0.15, 0.2) is 0 Å². The summed E-state index contributed by atoms with van der Waals surface area (Å²) in [4.78, 5) is 11.4. The number of carbonyl (C=O) groups excluding carboxylic acids is 1. The summed E-state index contributed by atoms with van der Waals surface area (Å²) >= 11 is 1.72. The fraction of sp³-hybridized carbons (Fsp3) is 0.889. The van der Waals surface area contributed by atoms with Crippen LogP contribution in [0, 0.1) is 0 Å². The highest BCUT2D eigenvalue weighted by Gasteiger charge is 2.24. The second-order valence-corrected chi connectivity index (χ2v) is 5.88. The Morgan fingerprint density at radius 3 is 2.15 bits per heavy atom. The molecule has 0 atom stereocenters. The van der Waals surface area contributed by atoms with Gasteiger partial charge in [-0.1, -0.05) is 0 Å². The van der Waals surface area contributed by atoms with Gasteiger partial charge < -0.3 is 11.1 Å². The average molecular weight is 204 g/mol. The third-order valence-corrected chi connectivity index (χ3v) is 3.06. The van der Waals surface area contributed by atoms with Gasteiger partial charge in [0.1, 0.15) is 0 Å². The maximum atomic E-state index is 11.4. The summed E-state index contributed by atoms with van der Waals surface area (Å²) < 4.78 is 0.0703. The summed E-state index contributed by atoms with van der Waals surface area (Å²) in [5.41, 5.74) is 4.85. The SMILES string of the molecule is CSC(C)(C)CNC(=O)C(C)(C)N. The molecule has 4 heteroatoms. The van der Waals surface area contributed by atoms with Crippen molar-refractivity contribution in [1.29, 1.82) is 0 Å². The van der Waals surface area contributed by atoms with E-state index in [0.29, 0.717) is 6.54 Å². The molecule has 0 aromatic heterocycles. The topological polar surface area (TPSA) is 55.1 Å². The van der Waals surface area contributed by atoms with E-state index in [0.717, 1.165) is 0 Å². The Bertz CT molecular complexity index is 185. The molecule has 78 valence electrons. The van der Waals surface area contributed by atoms with Crippen LogP contribution in [0.2, 0.25) is 0 Å². The van der Waals surface area contributed by atoms with E-state index >= 15 is 0 Å². The molecule has 0 bridgehead atoms. The molecule has 0 saturated carbocycles. The van der Waals surface area contributed by atoms with Crippen LogP contribution in [0.3, 0.4) is 0 Å². The van der Waals surface area contributed by atoms with E-state index in [-0.39, 0.29) is 10.7 Å². The van der Waals surface area contributed by atoms with E-state index in [4.69, 9.17) is 5.73 Å². The third kappa shape index (κ3) is 5.16. The second kappa shape index (κ2) is 4.33. The molecule has 0 aromatic carbocycles. The maximum absolute atomic E-state index is 11.4. The molecule has 0 aliphatic heterocycles. The van der Waals surface area contributed by atoms with Crippen molar-refractivity contribution in [3.05, 3.63) is 0 Å². The fourth-order valence-corrected chi connectivity index (χ4v) is 0.810. The molecular formula is C9H20N2OS. The van der Waals surface area contributed by atoms with Gasteiger partial charge in [0.05, 0.1) is 5.54 Å². The third-order valence-electron chi connectivity index (χ3n) is 1.81.